The van der Waals surface area contributed by atoms with E-state index < -0.39 is 0 Å². The molecular formula is C36H53N. The molecule has 0 bridgehead atoms. The minimum atomic E-state index is 0.932. The van der Waals surface area contributed by atoms with E-state index in [0.29, 0.717) is 0 Å². The summed E-state index contributed by atoms with van der Waals surface area (Å²) in [7, 11) is 0. The Bertz CT molecular complexity index is 935. The molecule has 1 N–H and O–H groups in total. The minimum absolute atomic E-state index is 0.932. The van der Waals surface area contributed by atoms with Gasteiger partial charge in [-0.1, -0.05) is 130 Å². The first-order chi connectivity index (χ1) is 17.9. The van der Waals surface area contributed by atoms with Crippen molar-refractivity contribution in [3.8, 4) is 0 Å². The Morgan fingerprint density at radius 3 is 1.68 bits per heavy atom. The molecule has 1 unspecified atom stereocenters. The molecule has 0 aliphatic carbocycles. The number of aryl methyl sites for hydroxylation is 5. The zero-order valence-electron chi connectivity index (χ0n) is 24.7. The van der Waals surface area contributed by atoms with Crippen LogP contribution in [0.5, 0.6) is 0 Å². The van der Waals surface area contributed by atoms with Crippen molar-refractivity contribution in [2.45, 2.75) is 92.9 Å². The fourth-order valence-corrected chi connectivity index (χ4v) is 3.98. The molecule has 3 rings (SSSR count). The maximum absolute atomic E-state index is 3.67. The van der Waals surface area contributed by atoms with E-state index in [2.05, 4.69) is 126 Å². The monoisotopic (exact) mass is 499 g/mol. The summed E-state index contributed by atoms with van der Waals surface area (Å²) in [4.78, 5) is 0. The van der Waals surface area contributed by atoms with Crippen LogP contribution in [-0.4, -0.2) is 6.54 Å². The van der Waals surface area contributed by atoms with Crippen LogP contribution < -0.4 is 5.32 Å². The van der Waals surface area contributed by atoms with E-state index in [1.807, 2.05) is 6.08 Å². The van der Waals surface area contributed by atoms with Gasteiger partial charge in [0.25, 0.3) is 0 Å². The molecule has 0 heterocycles. The molecule has 1 heteroatoms. The summed E-state index contributed by atoms with van der Waals surface area (Å²) >= 11 is 0. The smallest absolute Gasteiger partial charge is 0.0340 e. The van der Waals surface area contributed by atoms with Crippen molar-refractivity contribution < 1.29 is 0 Å². The largest absolute Gasteiger partial charge is 0.385 e. The van der Waals surface area contributed by atoms with Gasteiger partial charge in [0, 0.05) is 12.2 Å². The summed E-state index contributed by atoms with van der Waals surface area (Å²) in [5.74, 6) is 0.932. The Morgan fingerprint density at radius 2 is 1.22 bits per heavy atom. The number of nitrogens with one attached hydrogen (secondary N) is 1. The van der Waals surface area contributed by atoms with Gasteiger partial charge in [-0.25, -0.2) is 0 Å². The van der Waals surface area contributed by atoms with Crippen molar-refractivity contribution in [1.29, 1.82) is 0 Å². The highest BCUT2D eigenvalue weighted by Crippen LogP contribution is 2.19. The van der Waals surface area contributed by atoms with E-state index in [1.54, 1.807) is 0 Å². The third-order valence-corrected chi connectivity index (χ3v) is 6.76. The number of anilines is 1. The Kier molecular flexibility index (Phi) is 17.7. The second-order valence-electron chi connectivity index (χ2n) is 10.2. The van der Waals surface area contributed by atoms with Crippen LogP contribution in [-0.2, 0) is 12.8 Å². The molecule has 0 aliphatic rings. The summed E-state index contributed by atoms with van der Waals surface area (Å²) < 4.78 is 0. The third kappa shape index (κ3) is 15.8. The van der Waals surface area contributed by atoms with Crippen molar-refractivity contribution in [3.05, 3.63) is 113 Å². The van der Waals surface area contributed by atoms with Crippen molar-refractivity contribution >= 4 is 5.69 Å². The zero-order valence-corrected chi connectivity index (χ0v) is 24.7. The molecule has 1 nitrogen and oxygen atoms in total. The highest BCUT2D eigenvalue weighted by Gasteiger charge is 2.05. The minimum Gasteiger partial charge on any atom is -0.385 e. The third-order valence-electron chi connectivity index (χ3n) is 6.76. The Hall–Kier alpha value is -2.80. The van der Waals surface area contributed by atoms with Gasteiger partial charge in [0.05, 0.1) is 0 Å². The van der Waals surface area contributed by atoms with Gasteiger partial charge >= 0.3 is 0 Å². The summed E-state index contributed by atoms with van der Waals surface area (Å²) in [6.07, 6.45) is 12.2. The molecule has 0 amide bonds. The Balaban J connectivity index is 0.000000289. The van der Waals surface area contributed by atoms with Gasteiger partial charge in [0.1, 0.15) is 0 Å². The lowest BCUT2D eigenvalue weighted by molar-refractivity contribution is 0.422. The first kappa shape index (κ1) is 32.2. The fraction of sp³-hybridized carbons (Fsp3) is 0.444. The van der Waals surface area contributed by atoms with Crippen molar-refractivity contribution in [2.75, 3.05) is 11.9 Å². The van der Waals surface area contributed by atoms with Crippen LogP contribution in [0.2, 0.25) is 0 Å². The number of hydrogen-bond donors (Lipinski definition) is 1. The normalized spacial score (nSPS) is 10.9. The molecule has 0 fully saturated rings. The molecule has 1 atom stereocenters. The molecular weight excluding hydrogens is 446 g/mol. The maximum Gasteiger partial charge on any atom is 0.0340 e. The molecule has 0 spiro atoms. The first-order valence-electron chi connectivity index (χ1n) is 14.4. The van der Waals surface area contributed by atoms with Gasteiger partial charge in [-0.2, -0.15) is 0 Å². The number of rotatable bonds is 12. The highest BCUT2D eigenvalue weighted by atomic mass is 14.9. The van der Waals surface area contributed by atoms with Gasteiger partial charge in [-0.3, -0.25) is 0 Å². The second kappa shape index (κ2) is 20.3. The molecule has 0 saturated carbocycles. The summed E-state index contributed by atoms with van der Waals surface area (Å²) in [5, 5.41) is 3.30. The van der Waals surface area contributed by atoms with Crippen LogP contribution >= 0.6 is 0 Å². The quantitative estimate of drug-likeness (QED) is 0.193. The molecule has 0 radical (unpaired) electrons. The molecule has 0 aromatic heterocycles. The molecule has 0 aliphatic heterocycles. The summed E-state index contributed by atoms with van der Waals surface area (Å²) in [6.45, 7) is 17.8. The Labute approximate surface area is 229 Å². The topological polar surface area (TPSA) is 12.0 Å². The first-order valence-corrected chi connectivity index (χ1v) is 14.4. The summed E-state index contributed by atoms with van der Waals surface area (Å²) in [5.41, 5.74) is 8.10. The lowest BCUT2D eigenvalue weighted by Crippen LogP contribution is -2.01. The predicted molar refractivity (Wildman–Crippen MR) is 168 cm³/mol. The highest BCUT2D eigenvalue weighted by molar-refractivity contribution is 5.44. The van der Waals surface area contributed by atoms with E-state index in [0.717, 1.165) is 25.3 Å². The van der Waals surface area contributed by atoms with Crippen LogP contribution in [0, 0.1) is 26.7 Å². The van der Waals surface area contributed by atoms with Crippen molar-refractivity contribution in [1.82, 2.24) is 0 Å². The molecule has 202 valence electrons. The number of hydrogen-bond acceptors (Lipinski definition) is 1. The lowest BCUT2D eigenvalue weighted by Gasteiger charge is -2.14. The predicted octanol–water partition coefficient (Wildman–Crippen LogP) is 10.7. The molecule has 37 heavy (non-hydrogen) atoms. The standard InChI is InChI=1S/C16H26.C11H15N.C9H12/c1-4-6-7-15(5-2)12-13-16-10-8-14(3)9-11-16;1-3-4-9-12-11-7-5-10(2)6-8-11;1-3-9-6-4-8(2)5-7-9/h8-11,15H,4-7,12-13H2,1-3H3;3,5-8,12H,1,4,9H2,2H3;4-7H,3H2,1-2H3. The average Bonchev–Trinajstić information content (AvgIpc) is 2.92. The number of unbranched alkanes of at least 4 members (excludes halogenated alkanes) is 1. The lowest BCUT2D eigenvalue weighted by atomic mass is 9.92. The van der Waals surface area contributed by atoms with Gasteiger partial charge in [0.15, 0.2) is 0 Å². The number of benzene rings is 3. The van der Waals surface area contributed by atoms with Gasteiger partial charge < -0.3 is 5.32 Å². The SMILES string of the molecule is C=CCCNc1ccc(C)cc1.CCCCC(CC)CCc1ccc(C)cc1.CCc1ccc(C)cc1. The van der Waals surface area contributed by atoms with Crippen LogP contribution in [0.4, 0.5) is 5.69 Å². The van der Waals surface area contributed by atoms with Crippen molar-refractivity contribution in [2.24, 2.45) is 5.92 Å². The average molecular weight is 500 g/mol. The van der Waals surface area contributed by atoms with E-state index in [4.69, 9.17) is 0 Å². The van der Waals surface area contributed by atoms with E-state index >= 15 is 0 Å². The van der Waals surface area contributed by atoms with E-state index in [-0.39, 0.29) is 0 Å². The van der Waals surface area contributed by atoms with Gasteiger partial charge in [0.2, 0.25) is 0 Å². The van der Waals surface area contributed by atoms with Crippen LogP contribution in [0.1, 0.15) is 87.1 Å². The van der Waals surface area contributed by atoms with Crippen LogP contribution in [0.3, 0.4) is 0 Å². The molecule has 3 aromatic rings. The maximum atomic E-state index is 3.67. The van der Waals surface area contributed by atoms with Crippen molar-refractivity contribution in [3.63, 3.8) is 0 Å². The fourth-order valence-electron chi connectivity index (χ4n) is 3.98. The second-order valence-corrected chi connectivity index (χ2v) is 10.2. The molecule has 0 saturated heterocycles. The van der Waals surface area contributed by atoms with Crippen LogP contribution in [0.25, 0.3) is 0 Å². The van der Waals surface area contributed by atoms with Crippen LogP contribution in [0.15, 0.2) is 85.5 Å². The van der Waals surface area contributed by atoms with E-state index in [1.165, 1.54) is 72.0 Å². The van der Waals surface area contributed by atoms with E-state index in [9.17, 15) is 0 Å². The summed E-state index contributed by atoms with van der Waals surface area (Å²) in [6, 6.07) is 26.1. The molecule has 3 aromatic carbocycles. The Morgan fingerprint density at radius 1 is 0.703 bits per heavy atom. The van der Waals surface area contributed by atoms with Gasteiger partial charge in [-0.05, 0) is 75.6 Å². The zero-order chi connectivity index (χ0) is 27.3. The van der Waals surface area contributed by atoms with Gasteiger partial charge in [-0.15, -0.1) is 6.58 Å².